The minimum absolute atomic E-state index is 0.118. The highest BCUT2D eigenvalue weighted by Gasteiger charge is 2.13. The number of nitrogens with zero attached hydrogens (tertiary/aromatic N) is 3. The van der Waals surface area contributed by atoms with Crippen LogP contribution >= 0.6 is 0 Å². The number of nitrogens with two attached hydrogens (primary N) is 1. The number of rotatable bonds is 5. The zero-order chi connectivity index (χ0) is 20.5. The SMILES string of the molecule is COc1cc(C(C)=O)c(N)cc1Nc1cc(-c2ccc3c(ccn3C)c2)ncn1. The van der Waals surface area contributed by atoms with E-state index < -0.39 is 0 Å². The fraction of sp³-hybridized carbons (Fsp3) is 0.136. The predicted molar refractivity (Wildman–Crippen MR) is 115 cm³/mol. The van der Waals surface area contributed by atoms with Gasteiger partial charge < -0.3 is 20.4 Å². The molecule has 0 spiro atoms. The van der Waals surface area contributed by atoms with Gasteiger partial charge in [-0.15, -0.1) is 0 Å². The number of carbonyl (C=O) groups is 1. The van der Waals surface area contributed by atoms with Gasteiger partial charge in [-0.3, -0.25) is 4.79 Å². The topological polar surface area (TPSA) is 95.1 Å². The van der Waals surface area contributed by atoms with Crippen LogP contribution in [0.25, 0.3) is 22.2 Å². The Morgan fingerprint density at radius 1 is 1.14 bits per heavy atom. The Morgan fingerprint density at radius 3 is 2.72 bits per heavy atom. The third-order valence-corrected chi connectivity index (χ3v) is 4.86. The number of anilines is 3. The molecule has 4 aromatic rings. The molecule has 29 heavy (non-hydrogen) atoms. The second-order valence-corrected chi connectivity index (χ2v) is 6.81. The van der Waals surface area contributed by atoms with Gasteiger partial charge in [-0.25, -0.2) is 9.97 Å². The van der Waals surface area contributed by atoms with Crippen LogP contribution in [-0.4, -0.2) is 27.4 Å². The third kappa shape index (κ3) is 3.50. The number of hydrogen-bond donors (Lipinski definition) is 2. The molecule has 0 saturated heterocycles. The summed E-state index contributed by atoms with van der Waals surface area (Å²) in [6.07, 6.45) is 3.54. The fourth-order valence-corrected chi connectivity index (χ4v) is 3.33. The molecule has 0 aliphatic heterocycles. The summed E-state index contributed by atoms with van der Waals surface area (Å²) in [7, 11) is 3.56. The zero-order valence-corrected chi connectivity index (χ0v) is 16.4. The fourth-order valence-electron chi connectivity index (χ4n) is 3.33. The Kier molecular flexibility index (Phi) is 4.64. The number of nitrogen functional groups attached to an aromatic ring is 1. The van der Waals surface area contributed by atoms with E-state index in [0.29, 0.717) is 28.5 Å². The Morgan fingerprint density at radius 2 is 1.97 bits per heavy atom. The van der Waals surface area contributed by atoms with Crippen LogP contribution in [0, 0.1) is 0 Å². The van der Waals surface area contributed by atoms with Gasteiger partial charge in [0.15, 0.2) is 5.78 Å². The van der Waals surface area contributed by atoms with E-state index in [1.165, 1.54) is 13.3 Å². The Labute approximate surface area is 168 Å². The quantitative estimate of drug-likeness (QED) is 0.394. The van der Waals surface area contributed by atoms with E-state index in [0.717, 1.165) is 22.2 Å². The van der Waals surface area contributed by atoms with Crippen LogP contribution < -0.4 is 15.8 Å². The van der Waals surface area contributed by atoms with Crippen LogP contribution in [0.15, 0.2) is 55.0 Å². The summed E-state index contributed by atoms with van der Waals surface area (Å²) in [6, 6.07) is 13.4. The molecule has 2 aromatic carbocycles. The molecule has 7 heteroatoms. The second-order valence-electron chi connectivity index (χ2n) is 6.81. The van der Waals surface area contributed by atoms with Crippen molar-refractivity contribution in [2.75, 3.05) is 18.2 Å². The van der Waals surface area contributed by atoms with E-state index >= 15 is 0 Å². The van der Waals surface area contributed by atoms with Crippen LogP contribution in [-0.2, 0) is 7.05 Å². The number of Topliss-reactive ketones (excluding diaryl/α,β-unsaturated/α-hetero) is 1. The number of benzene rings is 2. The van der Waals surface area contributed by atoms with Gasteiger partial charge in [0.2, 0.25) is 0 Å². The molecule has 0 aliphatic rings. The molecular weight excluding hydrogens is 366 g/mol. The number of aromatic nitrogens is 3. The second kappa shape index (κ2) is 7.27. The van der Waals surface area contributed by atoms with E-state index in [9.17, 15) is 4.79 Å². The summed E-state index contributed by atoms with van der Waals surface area (Å²) in [4.78, 5) is 20.4. The smallest absolute Gasteiger partial charge is 0.162 e. The van der Waals surface area contributed by atoms with Crippen molar-refractivity contribution in [2.45, 2.75) is 6.92 Å². The maximum atomic E-state index is 11.7. The normalized spacial score (nSPS) is 10.9. The summed E-state index contributed by atoms with van der Waals surface area (Å²) < 4.78 is 7.49. The van der Waals surface area contributed by atoms with Crippen molar-refractivity contribution < 1.29 is 9.53 Å². The maximum absolute atomic E-state index is 11.7. The number of nitrogens with one attached hydrogen (secondary N) is 1. The summed E-state index contributed by atoms with van der Waals surface area (Å²) >= 11 is 0. The van der Waals surface area contributed by atoms with Gasteiger partial charge in [0.1, 0.15) is 17.9 Å². The van der Waals surface area contributed by atoms with Gasteiger partial charge in [-0.05, 0) is 37.3 Å². The molecule has 0 bridgehead atoms. The highest BCUT2D eigenvalue weighted by Crippen LogP contribution is 2.33. The monoisotopic (exact) mass is 387 g/mol. The number of methoxy groups -OCH3 is 1. The van der Waals surface area contributed by atoms with E-state index in [1.807, 2.05) is 25.4 Å². The Balaban J connectivity index is 1.69. The van der Waals surface area contributed by atoms with E-state index in [1.54, 1.807) is 19.2 Å². The molecule has 4 rings (SSSR count). The van der Waals surface area contributed by atoms with Crippen LogP contribution in [0.4, 0.5) is 17.2 Å². The molecule has 0 unspecified atom stereocenters. The molecule has 0 atom stereocenters. The number of ketones is 1. The maximum Gasteiger partial charge on any atom is 0.162 e. The number of fused-ring (bicyclic) bond motifs is 1. The third-order valence-electron chi connectivity index (χ3n) is 4.86. The molecule has 0 amide bonds. The Bertz CT molecular complexity index is 1230. The minimum Gasteiger partial charge on any atom is -0.495 e. The molecule has 0 fully saturated rings. The summed E-state index contributed by atoms with van der Waals surface area (Å²) in [5.74, 6) is 0.986. The molecule has 2 heterocycles. The van der Waals surface area contributed by atoms with Gasteiger partial charge in [0, 0.05) is 47.0 Å². The van der Waals surface area contributed by atoms with E-state index in [4.69, 9.17) is 10.5 Å². The van der Waals surface area contributed by atoms with Gasteiger partial charge in [-0.2, -0.15) is 0 Å². The van der Waals surface area contributed by atoms with Gasteiger partial charge in [0.25, 0.3) is 0 Å². The standard InChI is InChI=1S/C22H21N5O2/c1-13(28)16-9-21(29-3)19(10-17(16)23)26-22-11-18(24-12-25-22)14-4-5-20-15(8-14)6-7-27(20)2/h4-12H,23H2,1-3H3,(H,24,25,26). The molecule has 2 aromatic heterocycles. The van der Waals surface area contributed by atoms with Gasteiger partial charge >= 0.3 is 0 Å². The first-order valence-electron chi connectivity index (χ1n) is 9.09. The molecule has 7 nitrogen and oxygen atoms in total. The molecule has 0 aliphatic carbocycles. The summed E-state index contributed by atoms with van der Waals surface area (Å²) in [5.41, 5.74) is 10.4. The number of carbonyl (C=O) groups excluding carboxylic acids is 1. The van der Waals surface area contributed by atoms with Crippen LogP contribution in [0.3, 0.4) is 0 Å². The first-order chi connectivity index (χ1) is 14.0. The molecular formula is C22H21N5O2. The first kappa shape index (κ1) is 18.5. The Hall–Kier alpha value is -3.87. The van der Waals surface area contributed by atoms with Gasteiger partial charge in [-0.1, -0.05) is 6.07 Å². The van der Waals surface area contributed by atoms with Crippen molar-refractivity contribution in [3.05, 3.63) is 60.6 Å². The van der Waals surface area contributed by atoms with Crippen LogP contribution in [0.5, 0.6) is 5.75 Å². The molecule has 0 radical (unpaired) electrons. The van der Waals surface area contributed by atoms with Crippen molar-refractivity contribution in [3.63, 3.8) is 0 Å². The lowest BCUT2D eigenvalue weighted by Gasteiger charge is -2.14. The average molecular weight is 387 g/mol. The van der Waals surface area contributed by atoms with Crippen molar-refractivity contribution in [1.82, 2.24) is 14.5 Å². The predicted octanol–water partition coefficient (Wildman–Crippen LogP) is 4.17. The largest absolute Gasteiger partial charge is 0.495 e. The van der Waals surface area contributed by atoms with Crippen molar-refractivity contribution >= 4 is 33.9 Å². The minimum atomic E-state index is -0.118. The summed E-state index contributed by atoms with van der Waals surface area (Å²) in [6.45, 7) is 1.47. The van der Waals surface area contributed by atoms with Crippen LogP contribution in [0.1, 0.15) is 17.3 Å². The highest BCUT2D eigenvalue weighted by molar-refractivity contribution is 6.00. The molecule has 146 valence electrons. The van der Waals surface area contributed by atoms with Crippen molar-refractivity contribution in [3.8, 4) is 17.0 Å². The highest BCUT2D eigenvalue weighted by atomic mass is 16.5. The number of aryl methyl sites for hydroxylation is 1. The summed E-state index contributed by atoms with van der Waals surface area (Å²) in [5, 5.41) is 4.36. The average Bonchev–Trinajstić information content (AvgIpc) is 3.08. The van der Waals surface area contributed by atoms with Crippen LogP contribution in [0.2, 0.25) is 0 Å². The lowest BCUT2D eigenvalue weighted by atomic mass is 10.1. The lowest BCUT2D eigenvalue weighted by Crippen LogP contribution is -2.04. The zero-order valence-electron chi connectivity index (χ0n) is 16.4. The van der Waals surface area contributed by atoms with E-state index in [2.05, 4.69) is 38.1 Å². The number of hydrogen-bond acceptors (Lipinski definition) is 6. The van der Waals surface area contributed by atoms with Crippen molar-refractivity contribution in [1.29, 1.82) is 0 Å². The lowest BCUT2D eigenvalue weighted by molar-refractivity contribution is 0.101. The molecule has 0 saturated carbocycles. The first-order valence-corrected chi connectivity index (χ1v) is 9.09. The van der Waals surface area contributed by atoms with Gasteiger partial charge in [0.05, 0.1) is 18.5 Å². The van der Waals surface area contributed by atoms with Crippen molar-refractivity contribution in [2.24, 2.45) is 7.05 Å². The number of ether oxygens (including phenoxy) is 1. The molecule has 3 N–H and O–H groups in total. The van der Waals surface area contributed by atoms with E-state index in [-0.39, 0.29) is 5.78 Å².